The van der Waals surface area contributed by atoms with Crippen LogP contribution in [0.15, 0.2) is 64.4 Å². The summed E-state index contributed by atoms with van der Waals surface area (Å²) >= 11 is 0. The second kappa shape index (κ2) is 5.16. The van der Waals surface area contributed by atoms with Gasteiger partial charge >= 0.3 is 0 Å². The second-order valence-electron chi connectivity index (χ2n) is 6.82. The van der Waals surface area contributed by atoms with Gasteiger partial charge in [0.15, 0.2) is 0 Å². The molecule has 124 valence electrons. The number of furan rings is 1. The molecule has 1 atom stereocenters. The molecule has 3 heterocycles. The minimum atomic E-state index is -3.63. The van der Waals surface area contributed by atoms with Gasteiger partial charge in [0.25, 0.3) is 0 Å². The van der Waals surface area contributed by atoms with E-state index < -0.39 is 10.0 Å². The van der Waals surface area contributed by atoms with E-state index in [1.54, 1.807) is 28.8 Å². The van der Waals surface area contributed by atoms with Crippen LogP contribution in [-0.2, 0) is 10.0 Å². The molecule has 0 aliphatic carbocycles. The lowest BCUT2D eigenvalue weighted by atomic mass is 9.74. The first-order valence-corrected chi connectivity index (χ1v) is 9.23. The summed E-state index contributed by atoms with van der Waals surface area (Å²) < 4.78 is 33.4. The lowest BCUT2D eigenvalue weighted by molar-refractivity contribution is 0.0197. The molecule has 0 radical (unpaired) electrons. The summed E-state index contributed by atoms with van der Waals surface area (Å²) in [5, 5.41) is 0.621. The summed E-state index contributed by atoms with van der Waals surface area (Å²) in [6, 6.07) is 10.7. The summed E-state index contributed by atoms with van der Waals surface area (Å²) in [6.07, 6.45) is 4.73. The number of hydrogen-bond acceptors (Lipinski definition) is 4. The predicted molar refractivity (Wildman–Crippen MR) is 90.9 cm³/mol. The van der Waals surface area contributed by atoms with Crippen molar-refractivity contribution >= 4 is 21.0 Å². The van der Waals surface area contributed by atoms with Gasteiger partial charge in [-0.25, -0.2) is 8.42 Å². The Hall–Kier alpha value is -2.18. The third-order valence-corrected chi connectivity index (χ3v) is 6.47. The molecule has 5 nitrogen and oxygen atoms in total. The number of sulfonamides is 1. The number of rotatable bonds is 3. The topological polar surface area (TPSA) is 63.4 Å². The fourth-order valence-electron chi connectivity index (χ4n) is 3.52. The van der Waals surface area contributed by atoms with Crippen molar-refractivity contribution in [3.05, 3.63) is 60.6 Å². The van der Waals surface area contributed by atoms with E-state index in [0.717, 1.165) is 5.56 Å². The highest BCUT2D eigenvalue weighted by Gasteiger charge is 2.52. The van der Waals surface area contributed by atoms with E-state index >= 15 is 0 Å². The first kappa shape index (κ1) is 15.4. The Labute approximate surface area is 141 Å². The van der Waals surface area contributed by atoms with Crippen LogP contribution in [0.1, 0.15) is 25.5 Å². The average molecular weight is 342 g/mol. The number of aromatic nitrogens is 1. The SMILES string of the molecule is CC1(C)CN(S(=O)(=O)c2coc3ccccc23)C1c1ccncc1. The standard InChI is InChI=1S/C18H18N2O3S/c1-18(2)12-20(17(18)13-7-9-19-10-8-13)24(21,22)16-11-23-15-6-4-3-5-14(15)16/h3-11,17H,12H2,1-2H3. The van der Waals surface area contributed by atoms with Crippen LogP contribution in [0.4, 0.5) is 0 Å². The van der Waals surface area contributed by atoms with Gasteiger partial charge < -0.3 is 4.42 Å². The molecule has 24 heavy (non-hydrogen) atoms. The fraction of sp³-hybridized carbons (Fsp3) is 0.278. The van der Waals surface area contributed by atoms with Gasteiger partial charge in [-0.1, -0.05) is 26.0 Å². The van der Waals surface area contributed by atoms with Gasteiger partial charge in [-0.2, -0.15) is 4.31 Å². The quantitative estimate of drug-likeness (QED) is 0.729. The Morgan fingerprint density at radius 3 is 2.58 bits per heavy atom. The molecule has 3 aromatic rings. The second-order valence-corrected chi connectivity index (χ2v) is 8.68. The van der Waals surface area contributed by atoms with Crippen molar-refractivity contribution in [2.45, 2.75) is 24.8 Å². The van der Waals surface area contributed by atoms with Crippen LogP contribution in [-0.4, -0.2) is 24.3 Å². The maximum Gasteiger partial charge on any atom is 0.247 e. The molecule has 1 saturated heterocycles. The third kappa shape index (κ3) is 2.17. The minimum Gasteiger partial charge on any atom is -0.463 e. The van der Waals surface area contributed by atoms with Gasteiger partial charge in [-0.05, 0) is 35.2 Å². The number of hydrogen-bond donors (Lipinski definition) is 0. The van der Waals surface area contributed by atoms with E-state index in [2.05, 4.69) is 18.8 Å². The summed E-state index contributed by atoms with van der Waals surface area (Å²) in [7, 11) is -3.63. The fourth-order valence-corrected chi connectivity index (χ4v) is 5.58. The summed E-state index contributed by atoms with van der Waals surface area (Å²) in [5.74, 6) is 0. The Balaban J connectivity index is 1.80. The van der Waals surface area contributed by atoms with Crippen molar-refractivity contribution in [1.82, 2.24) is 9.29 Å². The van der Waals surface area contributed by atoms with Crippen molar-refractivity contribution in [3.8, 4) is 0 Å². The normalized spacial score (nSPS) is 20.8. The van der Waals surface area contributed by atoms with Crippen LogP contribution in [0.3, 0.4) is 0 Å². The van der Waals surface area contributed by atoms with Crippen molar-refractivity contribution in [1.29, 1.82) is 0 Å². The highest BCUT2D eigenvalue weighted by atomic mass is 32.2. The number of benzene rings is 1. The van der Waals surface area contributed by atoms with Crippen LogP contribution in [0, 0.1) is 5.41 Å². The molecule has 0 saturated carbocycles. The van der Waals surface area contributed by atoms with E-state index in [0.29, 0.717) is 17.5 Å². The summed E-state index contributed by atoms with van der Waals surface area (Å²) in [6.45, 7) is 4.64. The van der Waals surface area contributed by atoms with E-state index in [1.807, 2.05) is 24.3 Å². The first-order valence-electron chi connectivity index (χ1n) is 7.79. The average Bonchev–Trinajstić information content (AvgIpc) is 2.98. The maximum absolute atomic E-state index is 13.2. The zero-order valence-corrected chi connectivity index (χ0v) is 14.3. The molecule has 1 aliphatic rings. The zero-order valence-electron chi connectivity index (χ0n) is 13.5. The maximum atomic E-state index is 13.2. The van der Waals surface area contributed by atoms with Crippen LogP contribution in [0.5, 0.6) is 0 Å². The minimum absolute atomic E-state index is 0.131. The van der Waals surface area contributed by atoms with E-state index in [1.165, 1.54) is 6.26 Å². The smallest absolute Gasteiger partial charge is 0.247 e. The molecular formula is C18H18N2O3S. The van der Waals surface area contributed by atoms with Gasteiger partial charge in [0.05, 0.1) is 6.04 Å². The molecule has 1 unspecified atom stereocenters. The highest BCUT2D eigenvalue weighted by molar-refractivity contribution is 7.89. The van der Waals surface area contributed by atoms with Crippen LogP contribution in [0.25, 0.3) is 11.0 Å². The van der Waals surface area contributed by atoms with Gasteiger partial charge in [-0.3, -0.25) is 4.98 Å². The van der Waals surface area contributed by atoms with Gasteiger partial charge in [0.1, 0.15) is 16.7 Å². The number of nitrogens with zero attached hydrogens (tertiary/aromatic N) is 2. The number of pyridine rings is 1. The van der Waals surface area contributed by atoms with Crippen LogP contribution < -0.4 is 0 Å². The summed E-state index contributed by atoms with van der Waals surface area (Å²) in [4.78, 5) is 4.26. The molecule has 1 fully saturated rings. The van der Waals surface area contributed by atoms with Crippen molar-refractivity contribution < 1.29 is 12.8 Å². The van der Waals surface area contributed by atoms with E-state index in [-0.39, 0.29) is 16.4 Å². The Bertz CT molecular complexity index is 993. The van der Waals surface area contributed by atoms with E-state index in [4.69, 9.17) is 4.42 Å². The molecule has 4 rings (SSSR count). The van der Waals surface area contributed by atoms with Crippen molar-refractivity contribution in [3.63, 3.8) is 0 Å². The molecule has 1 aliphatic heterocycles. The van der Waals surface area contributed by atoms with Gasteiger partial charge in [-0.15, -0.1) is 0 Å². The Morgan fingerprint density at radius 1 is 1.17 bits per heavy atom. The van der Waals surface area contributed by atoms with Gasteiger partial charge in [0.2, 0.25) is 10.0 Å². The van der Waals surface area contributed by atoms with E-state index in [9.17, 15) is 8.42 Å². The molecule has 0 N–H and O–H groups in total. The number of para-hydroxylation sites is 1. The molecule has 6 heteroatoms. The third-order valence-electron chi connectivity index (χ3n) is 4.65. The molecular weight excluding hydrogens is 324 g/mol. The Kier molecular flexibility index (Phi) is 3.30. The molecule has 0 amide bonds. The van der Waals surface area contributed by atoms with Gasteiger partial charge in [0, 0.05) is 24.3 Å². The largest absolute Gasteiger partial charge is 0.463 e. The number of fused-ring (bicyclic) bond motifs is 1. The highest BCUT2D eigenvalue weighted by Crippen LogP contribution is 2.51. The van der Waals surface area contributed by atoms with Crippen LogP contribution in [0.2, 0.25) is 0 Å². The zero-order chi connectivity index (χ0) is 16.9. The monoisotopic (exact) mass is 342 g/mol. The molecule has 0 bridgehead atoms. The summed E-state index contributed by atoms with van der Waals surface area (Å²) in [5.41, 5.74) is 1.41. The lowest BCUT2D eigenvalue weighted by Crippen LogP contribution is -2.57. The molecule has 1 aromatic carbocycles. The van der Waals surface area contributed by atoms with Crippen molar-refractivity contribution in [2.24, 2.45) is 5.41 Å². The Morgan fingerprint density at radius 2 is 1.88 bits per heavy atom. The van der Waals surface area contributed by atoms with Crippen molar-refractivity contribution in [2.75, 3.05) is 6.54 Å². The predicted octanol–water partition coefficient (Wildman–Crippen LogP) is 3.60. The molecule has 0 spiro atoms. The first-order chi connectivity index (χ1) is 11.4. The van der Waals surface area contributed by atoms with Crippen LogP contribution >= 0.6 is 0 Å². The molecule has 2 aromatic heterocycles. The lowest BCUT2D eigenvalue weighted by Gasteiger charge is -2.53.